The molecule has 3 rings (SSSR count). The van der Waals surface area contributed by atoms with Crippen LogP contribution in [0.25, 0.3) is 0 Å². The molecule has 1 N–H and O–H groups in total. The Balaban J connectivity index is 1.56. The average molecular weight is 329 g/mol. The van der Waals surface area contributed by atoms with Gasteiger partial charge in [0.15, 0.2) is 0 Å². The van der Waals surface area contributed by atoms with Gasteiger partial charge in [0, 0.05) is 31.4 Å². The van der Waals surface area contributed by atoms with Crippen molar-refractivity contribution in [3.05, 3.63) is 30.1 Å². The number of likely N-dealkylation sites (tertiary alicyclic amines) is 1. The number of nitrogens with one attached hydrogen (secondary N) is 1. The summed E-state index contributed by atoms with van der Waals surface area (Å²) in [6, 6.07) is 4.07. The van der Waals surface area contributed by atoms with Gasteiger partial charge in [-0.1, -0.05) is 6.92 Å². The molecule has 2 aliphatic rings. The Morgan fingerprint density at radius 1 is 1.25 bits per heavy atom. The molecular weight excluding hydrogens is 302 g/mol. The van der Waals surface area contributed by atoms with Crippen molar-refractivity contribution in [1.29, 1.82) is 0 Å². The van der Waals surface area contributed by atoms with Gasteiger partial charge in [0.2, 0.25) is 11.8 Å². The molecule has 1 aliphatic heterocycles. The highest BCUT2D eigenvalue weighted by atomic mass is 16.2. The van der Waals surface area contributed by atoms with Gasteiger partial charge in [0.05, 0.1) is 12.0 Å². The van der Waals surface area contributed by atoms with Gasteiger partial charge >= 0.3 is 0 Å². The van der Waals surface area contributed by atoms with Crippen LogP contribution in [0.2, 0.25) is 0 Å². The van der Waals surface area contributed by atoms with E-state index < -0.39 is 0 Å². The zero-order valence-corrected chi connectivity index (χ0v) is 14.6. The molecule has 1 saturated carbocycles. The van der Waals surface area contributed by atoms with Crippen molar-refractivity contribution >= 4 is 11.8 Å². The largest absolute Gasteiger partial charge is 0.349 e. The Kier molecular flexibility index (Phi) is 5.17. The molecule has 1 aromatic heterocycles. The second-order valence-electron chi connectivity index (χ2n) is 7.37. The van der Waals surface area contributed by atoms with Crippen molar-refractivity contribution in [3.8, 4) is 0 Å². The maximum absolute atomic E-state index is 12.5. The lowest BCUT2D eigenvalue weighted by Crippen LogP contribution is -2.40. The van der Waals surface area contributed by atoms with Gasteiger partial charge in [-0.3, -0.25) is 14.6 Å². The summed E-state index contributed by atoms with van der Waals surface area (Å²) < 4.78 is 0. The Morgan fingerprint density at radius 3 is 2.58 bits per heavy atom. The third-order valence-electron chi connectivity index (χ3n) is 5.52. The number of rotatable bonds is 4. The standard InChI is InChI=1S/C19H27N3O2/c1-13-3-5-17(6-4-13)22-12-16(11-18(22)23)19(24)21-14(2)15-7-9-20-10-8-15/h7-10,13-14,16-17H,3-6,11-12H2,1-2H3,(H,21,24)/t13?,14-,16+,17?/m0/s1. The lowest BCUT2D eigenvalue weighted by Gasteiger charge is -2.33. The number of hydrogen-bond acceptors (Lipinski definition) is 3. The first-order valence-corrected chi connectivity index (χ1v) is 9.04. The van der Waals surface area contributed by atoms with Crippen LogP contribution in [0.4, 0.5) is 0 Å². The van der Waals surface area contributed by atoms with Crippen molar-refractivity contribution in [2.24, 2.45) is 11.8 Å². The second-order valence-corrected chi connectivity index (χ2v) is 7.37. The maximum Gasteiger partial charge on any atom is 0.225 e. The average Bonchev–Trinajstić information content (AvgIpc) is 2.98. The van der Waals surface area contributed by atoms with E-state index in [2.05, 4.69) is 17.2 Å². The Labute approximate surface area is 143 Å². The molecule has 24 heavy (non-hydrogen) atoms. The summed E-state index contributed by atoms with van der Waals surface area (Å²) in [7, 11) is 0. The summed E-state index contributed by atoms with van der Waals surface area (Å²) in [5.74, 6) is 0.672. The Bertz CT molecular complexity index is 582. The molecule has 0 radical (unpaired) electrons. The first kappa shape index (κ1) is 16.9. The molecule has 2 heterocycles. The lowest BCUT2D eigenvalue weighted by atomic mass is 9.87. The molecule has 1 aliphatic carbocycles. The van der Waals surface area contributed by atoms with Crippen molar-refractivity contribution in [2.75, 3.05) is 6.54 Å². The van der Waals surface area contributed by atoms with Crippen LogP contribution in [0.15, 0.2) is 24.5 Å². The number of carbonyl (C=O) groups excluding carboxylic acids is 2. The fourth-order valence-corrected chi connectivity index (χ4v) is 3.88. The number of hydrogen-bond donors (Lipinski definition) is 1. The second kappa shape index (κ2) is 7.32. The number of aromatic nitrogens is 1. The van der Waals surface area contributed by atoms with Gasteiger partial charge in [-0.25, -0.2) is 0 Å². The minimum atomic E-state index is -0.221. The van der Waals surface area contributed by atoms with Gasteiger partial charge in [-0.05, 0) is 56.2 Å². The van der Waals surface area contributed by atoms with Gasteiger partial charge in [-0.15, -0.1) is 0 Å². The molecule has 5 heteroatoms. The fraction of sp³-hybridized carbons (Fsp3) is 0.632. The van der Waals surface area contributed by atoms with Crippen LogP contribution in [0.1, 0.15) is 57.6 Å². The van der Waals surface area contributed by atoms with E-state index in [4.69, 9.17) is 0 Å². The molecule has 130 valence electrons. The van der Waals surface area contributed by atoms with Crippen molar-refractivity contribution in [1.82, 2.24) is 15.2 Å². The first-order valence-electron chi connectivity index (χ1n) is 9.04. The predicted octanol–water partition coefficient (Wildman–Crippen LogP) is 2.69. The number of pyridine rings is 1. The van der Waals surface area contributed by atoms with Crippen molar-refractivity contribution in [2.45, 2.75) is 58.0 Å². The predicted molar refractivity (Wildman–Crippen MR) is 92.0 cm³/mol. The quantitative estimate of drug-likeness (QED) is 0.924. The van der Waals surface area contributed by atoms with Crippen LogP contribution >= 0.6 is 0 Å². The van der Waals surface area contributed by atoms with Gasteiger partial charge in [-0.2, -0.15) is 0 Å². The number of carbonyl (C=O) groups is 2. The van der Waals surface area contributed by atoms with Crippen LogP contribution < -0.4 is 5.32 Å². The van der Waals surface area contributed by atoms with Crippen molar-refractivity contribution < 1.29 is 9.59 Å². The fourth-order valence-electron chi connectivity index (χ4n) is 3.88. The molecule has 5 nitrogen and oxygen atoms in total. The molecule has 0 unspecified atom stereocenters. The Morgan fingerprint density at radius 2 is 1.92 bits per heavy atom. The van der Waals surface area contributed by atoms with Gasteiger partial charge in [0.25, 0.3) is 0 Å². The minimum absolute atomic E-state index is 0.0145. The van der Waals surface area contributed by atoms with Crippen LogP contribution in [0, 0.1) is 11.8 Å². The monoisotopic (exact) mass is 329 g/mol. The highest BCUT2D eigenvalue weighted by molar-refractivity contribution is 5.89. The Hall–Kier alpha value is -1.91. The van der Waals surface area contributed by atoms with Crippen LogP contribution in [-0.2, 0) is 9.59 Å². The normalized spacial score (nSPS) is 28.7. The van der Waals surface area contributed by atoms with E-state index in [9.17, 15) is 9.59 Å². The first-order chi connectivity index (χ1) is 11.5. The van der Waals surface area contributed by atoms with Crippen LogP contribution in [-0.4, -0.2) is 34.3 Å². The summed E-state index contributed by atoms with van der Waals surface area (Å²) in [5.41, 5.74) is 1.03. The summed E-state index contributed by atoms with van der Waals surface area (Å²) in [6.07, 6.45) is 8.32. The van der Waals surface area contributed by atoms with E-state index in [1.165, 1.54) is 12.8 Å². The summed E-state index contributed by atoms with van der Waals surface area (Å²) in [6.45, 7) is 4.82. The molecular formula is C19H27N3O2. The molecule has 0 spiro atoms. The van der Waals surface area contributed by atoms with Crippen molar-refractivity contribution in [3.63, 3.8) is 0 Å². The molecule has 2 fully saturated rings. The van der Waals surface area contributed by atoms with E-state index in [0.29, 0.717) is 19.0 Å². The molecule has 1 saturated heterocycles. The lowest BCUT2D eigenvalue weighted by molar-refractivity contribution is -0.131. The van der Waals surface area contributed by atoms with Crippen LogP contribution in [0.5, 0.6) is 0 Å². The highest BCUT2D eigenvalue weighted by Gasteiger charge is 2.38. The van der Waals surface area contributed by atoms with E-state index in [1.807, 2.05) is 24.0 Å². The summed E-state index contributed by atoms with van der Waals surface area (Å²) in [5, 5.41) is 3.04. The van der Waals surface area contributed by atoms with E-state index >= 15 is 0 Å². The van der Waals surface area contributed by atoms with E-state index in [0.717, 1.165) is 24.3 Å². The van der Waals surface area contributed by atoms with E-state index in [-0.39, 0.29) is 23.8 Å². The van der Waals surface area contributed by atoms with Crippen LogP contribution in [0.3, 0.4) is 0 Å². The molecule has 2 amide bonds. The van der Waals surface area contributed by atoms with Gasteiger partial charge in [0.1, 0.15) is 0 Å². The summed E-state index contributed by atoms with van der Waals surface area (Å²) in [4.78, 5) is 30.9. The number of amides is 2. The SMILES string of the molecule is CC1CCC(N2C[C@H](C(=O)N[C@@H](C)c3ccncc3)CC2=O)CC1. The molecule has 0 bridgehead atoms. The third-order valence-corrected chi connectivity index (χ3v) is 5.52. The van der Waals surface area contributed by atoms with E-state index in [1.54, 1.807) is 12.4 Å². The maximum atomic E-state index is 12.5. The molecule has 2 atom stereocenters. The number of nitrogens with zero attached hydrogens (tertiary/aromatic N) is 2. The smallest absolute Gasteiger partial charge is 0.225 e. The third kappa shape index (κ3) is 3.77. The highest BCUT2D eigenvalue weighted by Crippen LogP contribution is 2.31. The summed E-state index contributed by atoms with van der Waals surface area (Å²) >= 11 is 0. The zero-order valence-electron chi connectivity index (χ0n) is 14.6. The minimum Gasteiger partial charge on any atom is -0.349 e. The van der Waals surface area contributed by atoms with Gasteiger partial charge < -0.3 is 10.2 Å². The molecule has 1 aromatic rings. The topological polar surface area (TPSA) is 62.3 Å². The molecule has 0 aromatic carbocycles. The zero-order chi connectivity index (χ0) is 17.1.